The maximum absolute atomic E-state index is 12.4. The van der Waals surface area contributed by atoms with Crippen LogP contribution < -0.4 is 0 Å². The molecule has 0 aliphatic heterocycles. The van der Waals surface area contributed by atoms with Crippen molar-refractivity contribution in [2.45, 2.75) is 31.8 Å². The molecule has 138 valence electrons. The number of rotatable bonds is 10. The first-order valence-electron chi connectivity index (χ1n) is 6.70. The monoisotopic (exact) mass is 422 g/mol. The van der Waals surface area contributed by atoms with E-state index in [1.54, 1.807) is 20.8 Å². The second-order valence-electron chi connectivity index (χ2n) is 4.56. The lowest BCUT2D eigenvalue weighted by Crippen LogP contribution is -2.13. The van der Waals surface area contributed by atoms with Gasteiger partial charge in [-0.2, -0.15) is 8.42 Å². The Balaban J connectivity index is 2.94. The molecule has 12 heteroatoms. The zero-order valence-electron chi connectivity index (χ0n) is 13.1. The third-order valence-electron chi connectivity index (χ3n) is 2.17. The van der Waals surface area contributed by atoms with Crippen LogP contribution in [-0.2, 0) is 38.0 Å². The van der Waals surface area contributed by atoms with E-state index in [0.29, 0.717) is 0 Å². The zero-order chi connectivity index (χ0) is 18.4. The summed E-state index contributed by atoms with van der Waals surface area (Å²) in [4.78, 5) is 8.82. The van der Waals surface area contributed by atoms with Gasteiger partial charge in [-0.3, -0.25) is 8.75 Å². The Morgan fingerprint density at radius 3 is 2.25 bits per heavy atom. The van der Waals surface area contributed by atoms with Crippen LogP contribution in [0.2, 0.25) is 10.0 Å². The van der Waals surface area contributed by atoms with Crippen LogP contribution in [0.15, 0.2) is 23.1 Å². The molecule has 0 saturated carbocycles. The van der Waals surface area contributed by atoms with E-state index in [9.17, 15) is 13.0 Å². The topological polar surface area (TPSA) is 97.4 Å². The number of benzene rings is 1. The highest BCUT2D eigenvalue weighted by molar-refractivity contribution is 7.87. The minimum absolute atomic E-state index is 0.0398. The first kappa shape index (κ1) is 21.8. The van der Waals surface area contributed by atoms with Gasteiger partial charge in [-0.05, 0) is 32.9 Å². The molecule has 1 aromatic carbocycles. The molecule has 0 saturated heterocycles. The summed E-state index contributed by atoms with van der Waals surface area (Å²) in [5.74, 6) is 0. The maximum Gasteiger partial charge on any atom is 0.411 e. The SMILES string of the molecule is CCOOP(=O)(COS(=O)(=O)c1c(Cl)cccc1Cl)OOC(C)C. The molecule has 0 radical (unpaired) electrons. The number of hydrogen-bond donors (Lipinski definition) is 0. The third kappa shape index (κ3) is 6.59. The molecule has 0 aliphatic rings. The Morgan fingerprint density at radius 2 is 1.75 bits per heavy atom. The maximum atomic E-state index is 12.4. The third-order valence-corrected chi connectivity index (χ3v) is 5.66. The lowest BCUT2D eigenvalue weighted by Gasteiger charge is -2.17. The molecule has 0 bridgehead atoms. The average molecular weight is 423 g/mol. The Hall–Kier alpha value is -0.220. The van der Waals surface area contributed by atoms with Gasteiger partial charge in [0.2, 0.25) is 0 Å². The van der Waals surface area contributed by atoms with Crippen molar-refractivity contribution in [3.05, 3.63) is 28.2 Å². The van der Waals surface area contributed by atoms with Gasteiger partial charge in [-0.1, -0.05) is 29.3 Å². The summed E-state index contributed by atoms with van der Waals surface area (Å²) in [6, 6.07) is 4.10. The van der Waals surface area contributed by atoms with Crippen molar-refractivity contribution >= 4 is 40.9 Å². The van der Waals surface area contributed by atoms with Gasteiger partial charge in [0.25, 0.3) is 0 Å². The fourth-order valence-electron chi connectivity index (χ4n) is 1.25. The summed E-state index contributed by atoms with van der Waals surface area (Å²) in [6.45, 7) is 4.81. The van der Waals surface area contributed by atoms with E-state index in [4.69, 9.17) is 32.3 Å². The first-order valence-corrected chi connectivity index (χ1v) is 10.6. The van der Waals surface area contributed by atoms with Crippen LogP contribution in [0.3, 0.4) is 0 Å². The minimum atomic E-state index is -4.43. The molecule has 0 aliphatic carbocycles. The molecular weight excluding hydrogens is 406 g/mol. The van der Waals surface area contributed by atoms with E-state index in [1.807, 2.05) is 0 Å². The van der Waals surface area contributed by atoms with Crippen LogP contribution in [0.4, 0.5) is 0 Å². The van der Waals surface area contributed by atoms with Crippen LogP contribution >= 0.6 is 30.8 Å². The second kappa shape index (κ2) is 9.47. The van der Waals surface area contributed by atoms with E-state index < -0.39 is 35.1 Å². The van der Waals surface area contributed by atoms with Gasteiger partial charge >= 0.3 is 17.7 Å². The van der Waals surface area contributed by atoms with E-state index in [-0.39, 0.29) is 16.7 Å². The Labute approximate surface area is 150 Å². The molecule has 1 rings (SSSR count). The van der Waals surface area contributed by atoms with E-state index in [2.05, 4.69) is 14.2 Å². The van der Waals surface area contributed by atoms with Crippen molar-refractivity contribution in [3.8, 4) is 0 Å². The standard InChI is InChI=1S/C12H17Cl2O8PS/c1-4-18-21-23(15,22-20-9(2)3)8-19-24(16,17)12-10(13)6-5-7-11(12)14/h5-7,9H,4,8H2,1-3H3. The quantitative estimate of drug-likeness (QED) is 0.239. The molecule has 0 fully saturated rings. The van der Waals surface area contributed by atoms with Gasteiger partial charge in [0.05, 0.1) is 22.8 Å². The second-order valence-corrected chi connectivity index (χ2v) is 8.71. The van der Waals surface area contributed by atoms with Gasteiger partial charge in [0, 0.05) is 0 Å². The molecule has 0 heterocycles. The van der Waals surface area contributed by atoms with Gasteiger partial charge < -0.3 is 0 Å². The summed E-state index contributed by atoms with van der Waals surface area (Å²) in [6.07, 6.45) is -1.46. The predicted octanol–water partition coefficient (Wildman–Crippen LogP) is 4.17. The van der Waals surface area contributed by atoms with Crippen LogP contribution in [0.5, 0.6) is 0 Å². The van der Waals surface area contributed by atoms with Crippen molar-refractivity contribution in [2.24, 2.45) is 0 Å². The molecule has 1 atom stereocenters. The smallest absolute Gasteiger partial charge is 0.253 e. The summed E-state index contributed by atoms with van der Waals surface area (Å²) < 4.78 is 50.7. The summed E-state index contributed by atoms with van der Waals surface area (Å²) in [5.41, 5.74) is 0. The van der Waals surface area contributed by atoms with Gasteiger partial charge in [-0.25, -0.2) is 9.78 Å². The molecule has 8 nitrogen and oxygen atoms in total. The Morgan fingerprint density at radius 1 is 1.17 bits per heavy atom. The largest absolute Gasteiger partial charge is 0.411 e. The lowest BCUT2D eigenvalue weighted by molar-refractivity contribution is -0.280. The van der Waals surface area contributed by atoms with Gasteiger partial charge in [0.1, 0.15) is 4.90 Å². The van der Waals surface area contributed by atoms with Crippen molar-refractivity contribution in [2.75, 3.05) is 13.0 Å². The lowest BCUT2D eigenvalue weighted by atomic mass is 10.4. The number of halogens is 2. The summed E-state index contributed by atoms with van der Waals surface area (Å²) in [7, 11) is -8.59. The highest BCUT2D eigenvalue weighted by Gasteiger charge is 2.34. The van der Waals surface area contributed by atoms with E-state index in [0.717, 1.165) is 0 Å². The van der Waals surface area contributed by atoms with Crippen LogP contribution in [0, 0.1) is 0 Å². The molecule has 1 aromatic rings. The van der Waals surface area contributed by atoms with Crippen LogP contribution in [0.1, 0.15) is 20.8 Å². The molecule has 0 amide bonds. The van der Waals surface area contributed by atoms with Gasteiger partial charge in [0.15, 0.2) is 6.35 Å². The molecular formula is C12H17Cl2O8PS. The highest BCUT2D eigenvalue weighted by atomic mass is 35.5. The van der Waals surface area contributed by atoms with E-state index in [1.165, 1.54) is 18.2 Å². The normalized spacial score (nSPS) is 14.8. The molecule has 1 unspecified atom stereocenters. The van der Waals surface area contributed by atoms with Gasteiger partial charge in [-0.15, -0.1) is 9.35 Å². The highest BCUT2D eigenvalue weighted by Crippen LogP contribution is 2.49. The van der Waals surface area contributed by atoms with E-state index >= 15 is 0 Å². The van der Waals surface area contributed by atoms with Crippen molar-refractivity contribution in [1.82, 2.24) is 0 Å². The fourth-order valence-corrected chi connectivity index (χ4v) is 4.70. The Bertz CT molecular complexity index is 674. The minimum Gasteiger partial charge on any atom is -0.253 e. The predicted molar refractivity (Wildman–Crippen MR) is 87.2 cm³/mol. The molecule has 0 aromatic heterocycles. The molecule has 24 heavy (non-hydrogen) atoms. The van der Waals surface area contributed by atoms with Crippen molar-refractivity contribution < 1.29 is 36.3 Å². The van der Waals surface area contributed by atoms with Crippen molar-refractivity contribution in [3.63, 3.8) is 0 Å². The summed E-state index contributed by atoms with van der Waals surface area (Å²) >= 11 is 11.7. The molecule has 0 N–H and O–H groups in total. The fraction of sp³-hybridized carbons (Fsp3) is 0.500. The Kier molecular flexibility index (Phi) is 8.61. The van der Waals surface area contributed by atoms with Crippen molar-refractivity contribution in [1.29, 1.82) is 0 Å². The first-order chi connectivity index (χ1) is 11.1. The number of hydrogen-bond acceptors (Lipinski definition) is 8. The molecule has 0 spiro atoms. The van der Waals surface area contributed by atoms with Crippen LogP contribution in [0.25, 0.3) is 0 Å². The summed E-state index contributed by atoms with van der Waals surface area (Å²) in [5, 5.41) is -0.301. The van der Waals surface area contributed by atoms with Crippen LogP contribution in [-0.4, -0.2) is 27.5 Å². The average Bonchev–Trinajstić information content (AvgIpc) is 2.49. The zero-order valence-corrected chi connectivity index (χ0v) is 16.3.